The highest BCUT2D eigenvalue weighted by Crippen LogP contribution is 2.33. The Kier molecular flexibility index (Phi) is 4.92. The summed E-state index contributed by atoms with van der Waals surface area (Å²) in [6.45, 7) is 3.45. The first-order valence-electron chi connectivity index (χ1n) is 8.23. The number of imidazole rings is 1. The summed E-state index contributed by atoms with van der Waals surface area (Å²) in [5, 5.41) is 11.6. The Morgan fingerprint density at radius 2 is 1.93 bits per heavy atom. The molecule has 0 unspecified atom stereocenters. The van der Waals surface area contributed by atoms with Crippen LogP contribution >= 0.6 is 0 Å². The van der Waals surface area contributed by atoms with Crippen molar-refractivity contribution >= 4 is 11.6 Å². The number of anilines is 1. The topological polar surface area (TPSA) is 70.7 Å². The Labute approximate surface area is 159 Å². The molecule has 8 heteroatoms. The van der Waals surface area contributed by atoms with E-state index in [1.165, 1.54) is 29.1 Å². The van der Waals surface area contributed by atoms with E-state index < -0.39 is 17.6 Å². The smallest absolute Gasteiger partial charge is 0.322 e. The van der Waals surface area contributed by atoms with Gasteiger partial charge in [0.25, 0.3) is 5.91 Å². The number of aromatic nitrogens is 2. The van der Waals surface area contributed by atoms with Gasteiger partial charge in [0, 0.05) is 23.1 Å². The number of rotatable bonds is 3. The molecule has 0 atom stereocenters. The molecule has 3 aromatic rings. The first-order chi connectivity index (χ1) is 13.2. The van der Waals surface area contributed by atoms with E-state index in [-0.39, 0.29) is 16.9 Å². The Hall–Kier alpha value is -3.60. The molecule has 1 amide bonds. The lowest BCUT2D eigenvalue weighted by molar-refractivity contribution is -0.137. The van der Waals surface area contributed by atoms with E-state index in [4.69, 9.17) is 5.26 Å². The molecule has 3 rings (SSSR count). The summed E-state index contributed by atoms with van der Waals surface area (Å²) in [5.74, 6) is -0.608. The maximum atomic E-state index is 13.3. The Balaban J connectivity index is 1.99. The fraction of sp³-hybridized carbons (Fsp3) is 0.150. The van der Waals surface area contributed by atoms with Crippen molar-refractivity contribution in [1.29, 1.82) is 5.26 Å². The van der Waals surface area contributed by atoms with Crippen LogP contribution in [0.15, 0.2) is 48.9 Å². The summed E-state index contributed by atoms with van der Waals surface area (Å²) in [6, 6.07) is 9.77. The molecule has 2 aromatic carbocycles. The second kappa shape index (κ2) is 7.19. The lowest BCUT2D eigenvalue weighted by Gasteiger charge is -2.14. The third-order valence-corrected chi connectivity index (χ3v) is 4.13. The van der Waals surface area contributed by atoms with E-state index in [9.17, 15) is 18.0 Å². The fourth-order valence-electron chi connectivity index (χ4n) is 2.65. The minimum atomic E-state index is -4.58. The molecular formula is C20H15F3N4O. The zero-order valence-electron chi connectivity index (χ0n) is 15.0. The summed E-state index contributed by atoms with van der Waals surface area (Å²) in [4.78, 5) is 16.5. The second-order valence-electron chi connectivity index (χ2n) is 6.28. The standard InChI is InChI=1S/C20H15F3N4O/c1-12-3-4-14(5-15(12)9-24)19(28)26-17-6-16(20(21,22)23)7-18(8-17)27-10-13(2)25-11-27/h3-8,10-11H,1-2H3,(H,26,28). The Bertz CT molecular complexity index is 1090. The molecule has 0 bridgehead atoms. The molecule has 0 fully saturated rings. The van der Waals surface area contributed by atoms with Crippen molar-refractivity contribution in [2.24, 2.45) is 0 Å². The summed E-state index contributed by atoms with van der Waals surface area (Å²) in [7, 11) is 0. The van der Waals surface area contributed by atoms with Crippen LogP contribution in [0.3, 0.4) is 0 Å². The number of nitriles is 1. The van der Waals surface area contributed by atoms with Crippen LogP contribution in [0.2, 0.25) is 0 Å². The quantitative estimate of drug-likeness (QED) is 0.716. The largest absolute Gasteiger partial charge is 0.416 e. The Morgan fingerprint density at radius 3 is 2.54 bits per heavy atom. The zero-order chi connectivity index (χ0) is 20.5. The number of amides is 1. The van der Waals surface area contributed by atoms with Crippen molar-refractivity contribution in [2.45, 2.75) is 20.0 Å². The molecule has 1 N–H and O–H groups in total. The van der Waals surface area contributed by atoms with Gasteiger partial charge in [-0.15, -0.1) is 0 Å². The molecule has 0 radical (unpaired) electrons. The molecule has 0 aliphatic carbocycles. The van der Waals surface area contributed by atoms with Crippen molar-refractivity contribution < 1.29 is 18.0 Å². The van der Waals surface area contributed by atoms with Crippen LogP contribution in [0.1, 0.15) is 32.7 Å². The van der Waals surface area contributed by atoms with E-state index in [1.54, 1.807) is 26.1 Å². The number of halogens is 3. The van der Waals surface area contributed by atoms with Gasteiger partial charge in [-0.25, -0.2) is 4.98 Å². The summed E-state index contributed by atoms with van der Waals surface area (Å²) in [6.07, 6.45) is -1.60. The van der Waals surface area contributed by atoms with Crippen LogP contribution < -0.4 is 5.32 Å². The van der Waals surface area contributed by atoms with Gasteiger partial charge < -0.3 is 9.88 Å². The number of nitrogens with one attached hydrogen (secondary N) is 1. The highest BCUT2D eigenvalue weighted by Gasteiger charge is 2.31. The van der Waals surface area contributed by atoms with Gasteiger partial charge in [0.15, 0.2) is 0 Å². The van der Waals surface area contributed by atoms with Gasteiger partial charge in [-0.2, -0.15) is 18.4 Å². The molecule has 28 heavy (non-hydrogen) atoms. The summed E-state index contributed by atoms with van der Waals surface area (Å²) < 4.78 is 41.3. The number of nitrogens with zero attached hydrogens (tertiary/aromatic N) is 3. The predicted molar refractivity (Wildman–Crippen MR) is 97.2 cm³/mol. The minimum Gasteiger partial charge on any atom is -0.322 e. The fourth-order valence-corrected chi connectivity index (χ4v) is 2.65. The van der Waals surface area contributed by atoms with Crippen LogP contribution in [-0.2, 0) is 6.18 Å². The van der Waals surface area contributed by atoms with E-state index in [0.29, 0.717) is 16.8 Å². The second-order valence-corrected chi connectivity index (χ2v) is 6.28. The van der Waals surface area contributed by atoms with Gasteiger partial charge in [-0.1, -0.05) is 6.07 Å². The lowest BCUT2D eigenvalue weighted by Crippen LogP contribution is -2.14. The first-order valence-corrected chi connectivity index (χ1v) is 8.23. The SMILES string of the molecule is Cc1cn(-c2cc(NC(=O)c3ccc(C)c(C#N)c3)cc(C(F)(F)F)c2)cn1. The number of hydrogen-bond donors (Lipinski definition) is 1. The van der Waals surface area contributed by atoms with Crippen molar-refractivity contribution in [3.63, 3.8) is 0 Å². The average Bonchev–Trinajstić information content (AvgIpc) is 3.07. The lowest BCUT2D eigenvalue weighted by atomic mass is 10.1. The molecular weight excluding hydrogens is 369 g/mol. The maximum Gasteiger partial charge on any atom is 0.416 e. The number of carbonyl (C=O) groups is 1. The molecule has 0 aliphatic heterocycles. The zero-order valence-corrected chi connectivity index (χ0v) is 15.0. The summed E-state index contributed by atoms with van der Waals surface area (Å²) in [5.41, 5.74) is 1.16. The molecule has 142 valence electrons. The van der Waals surface area contributed by atoms with Gasteiger partial charge in [-0.05, 0) is 49.7 Å². The number of carbonyl (C=O) groups excluding carboxylic acids is 1. The van der Waals surface area contributed by atoms with Crippen molar-refractivity contribution in [3.05, 3.63) is 76.9 Å². The van der Waals surface area contributed by atoms with E-state index in [2.05, 4.69) is 10.3 Å². The molecule has 0 saturated carbocycles. The highest BCUT2D eigenvalue weighted by atomic mass is 19.4. The predicted octanol–water partition coefficient (Wildman–Crippen LogP) is 4.63. The van der Waals surface area contributed by atoms with Crippen LogP contribution in [-0.4, -0.2) is 15.5 Å². The van der Waals surface area contributed by atoms with Crippen molar-refractivity contribution in [1.82, 2.24) is 9.55 Å². The van der Waals surface area contributed by atoms with Crippen molar-refractivity contribution in [2.75, 3.05) is 5.32 Å². The monoisotopic (exact) mass is 384 g/mol. The third kappa shape index (κ3) is 4.04. The molecule has 0 saturated heterocycles. The van der Waals surface area contributed by atoms with Crippen LogP contribution in [0, 0.1) is 25.2 Å². The first kappa shape index (κ1) is 19.2. The number of alkyl halides is 3. The molecule has 0 aliphatic rings. The number of aryl methyl sites for hydroxylation is 2. The van der Waals surface area contributed by atoms with Crippen molar-refractivity contribution in [3.8, 4) is 11.8 Å². The van der Waals surface area contributed by atoms with Crippen LogP contribution in [0.5, 0.6) is 0 Å². The van der Waals surface area contributed by atoms with Gasteiger partial charge in [-0.3, -0.25) is 4.79 Å². The van der Waals surface area contributed by atoms with E-state index >= 15 is 0 Å². The third-order valence-electron chi connectivity index (χ3n) is 4.13. The normalized spacial score (nSPS) is 11.1. The number of benzene rings is 2. The molecule has 0 spiro atoms. The number of hydrogen-bond acceptors (Lipinski definition) is 3. The van der Waals surface area contributed by atoms with Gasteiger partial charge in [0.2, 0.25) is 0 Å². The van der Waals surface area contributed by atoms with E-state index in [1.807, 2.05) is 6.07 Å². The minimum absolute atomic E-state index is 0.0136. The maximum absolute atomic E-state index is 13.3. The van der Waals surface area contributed by atoms with Gasteiger partial charge in [0.1, 0.15) is 0 Å². The highest BCUT2D eigenvalue weighted by molar-refractivity contribution is 6.04. The van der Waals surface area contributed by atoms with Crippen LogP contribution in [0.4, 0.5) is 18.9 Å². The van der Waals surface area contributed by atoms with Gasteiger partial charge in [0.05, 0.1) is 29.2 Å². The molecule has 5 nitrogen and oxygen atoms in total. The van der Waals surface area contributed by atoms with Crippen LogP contribution in [0.25, 0.3) is 5.69 Å². The van der Waals surface area contributed by atoms with Gasteiger partial charge >= 0.3 is 6.18 Å². The van der Waals surface area contributed by atoms with E-state index in [0.717, 1.165) is 12.1 Å². The summed E-state index contributed by atoms with van der Waals surface area (Å²) >= 11 is 0. The average molecular weight is 384 g/mol. The molecule has 1 heterocycles. The molecule has 1 aromatic heterocycles. The Morgan fingerprint density at radius 1 is 1.18 bits per heavy atom.